The van der Waals surface area contributed by atoms with Gasteiger partial charge in [0.2, 0.25) is 0 Å². The number of benzene rings is 2. The van der Waals surface area contributed by atoms with Crippen molar-refractivity contribution in [2.24, 2.45) is 5.92 Å². The molecule has 2 heteroatoms. The summed E-state index contributed by atoms with van der Waals surface area (Å²) in [6.07, 6.45) is 5.95. The maximum Gasteiger partial charge on any atom is 0.166 e. The van der Waals surface area contributed by atoms with E-state index in [9.17, 15) is 8.78 Å². The highest BCUT2D eigenvalue weighted by Gasteiger charge is 2.21. The zero-order chi connectivity index (χ0) is 18.5. The van der Waals surface area contributed by atoms with Crippen molar-refractivity contribution in [2.45, 2.75) is 58.3 Å². The van der Waals surface area contributed by atoms with Crippen molar-refractivity contribution in [3.63, 3.8) is 0 Å². The standard InChI is InChI=1S/C24H26F2/c1-3-5-17-7-9-18(10-8-17)19-11-13-20(14-12-19)22-16-15-21(6-4-2)23(25)24(22)26/h11-18H,4,6-10H2,1-2H3/t17-,18-. The van der Waals surface area contributed by atoms with Gasteiger partial charge in [0.15, 0.2) is 11.6 Å². The van der Waals surface area contributed by atoms with Gasteiger partial charge in [-0.2, -0.15) is 0 Å². The normalized spacial score (nSPS) is 19.7. The van der Waals surface area contributed by atoms with Gasteiger partial charge >= 0.3 is 0 Å². The molecule has 0 aliphatic heterocycles. The molecule has 0 radical (unpaired) electrons. The molecule has 0 atom stereocenters. The van der Waals surface area contributed by atoms with Crippen LogP contribution in [0.15, 0.2) is 36.4 Å². The molecule has 3 rings (SSSR count). The fourth-order valence-electron chi connectivity index (χ4n) is 3.98. The molecule has 0 spiro atoms. The Morgan fingerprint density at radius 1 is 0.923 bits per heavy atom. The van der Waals surface area contributed by atoms with Crippen LogP contribution in [-0.2, 0) is 6.42 Å². The molecule has 0 unspecified atom stereocenters. The topological polar surface area (TPSA) is 0 Å². The summed E-state index contributed by atoms with van der Waals surface area (Å²) in [6, 6.07) is 11.4. The molecule has 0 bridgehead atoms. The third-order valence-electron chi connectivity index (χ3n) is 5.45. The van der Waals surface area contributed by atoms with E-state index in [-0.39, 0.29) is 0 Å². The lowest BCUT2D eigenvalue weighted by Crippen LogP contribution is -2.12. The van der Waals surface area contributed by atoms with Gasteiger partial charge in [0.1, 0.15) is 0 Å². The van der Waals surface area contributed by atoms with Crippen molar-refractivity contribution >= 4 is 0 Å². The molecule has 2 aromatic carbocycles. The summed E-state index contributed by atoms with van der Waals surface area (Å²) in [5.74, 6) is 5.95. The van der Waals surface area contributed by atoms with E-state index in [1.54, 1.807) is 12.1 Å². The first-order valence-corrected chi connectivity index (χ1v) is 9.63. The highest BCUT2D eigenvalue weighted by Crippen LogP contribution is 2.36. The first-order chi connectivity index (χ1) is 12.6. The van der Waals surface area contributed by atoms with Crippen LogP contribution in [-0.4, -0.2) is 0 Å². The minimum atomic E-state index is -0.734. The quantitative estimate of drug-likeness (QED) is 0.526. The largest absolute Gasteiger partial charge is 0.203 e. The van der Waals surface area contributed by atoms with Crippen LogP contribution < -0.4 is 0 Å². The number of hydrogen-bond donors (Lipinski definition) is 0. The Morgan fingerprint density at radius 3 is 2.23 bits per heavy atom. The van der Waals surface area contributed by atoms with E-state index < -0.39 is 11.6 Å². The summed E-state index contributed by atoms with van der Waals surface area (Å²) in [6.45, 7) is 3.87. The average molecular weight is 352 g/mol. The van der Waals surface area contributed by atoms with E-state index in [1.807, 2.05) is 26.0 Å². The Labute approximate surface area is 155 Å². The van der Waals surface area contributed by atoms with Crippen LogP contribution in [0.3, 0.4) is 0 Å². The van der Waals surface area contributed by atoms with Crippen LogP contribution in [0.2, 0.25) is 0 Å². The Balaban J connectivity index is 1.76. The van der Waals surface area contributed by atoms with Gasteiger partial charge in [-0.25, -0.2) is 8.78 Å². The van der Waals surface area contributed by atoms with Crippen molar-refractivity contribution in [1.82, 2.24) is 0 Å². The SMILES string of the molecule is CC#C[C@H]1CC[C@H](c2ccc(-c3ccc(CCC)c(F)c3F)cc2)CC1. The van der Waals surface area contributed by atoms with E-state index in [4.69, 9.17) is 0 Å². The average Bonchev–Trinajstić information content (AvgIpc) is 2.67. The second kappa shape index (κ2) is 8.49. The van der Waals surface area contributed by atoms with Crippen molar-refractivity contribution in [2.75, 3.05) is 0 Å². The fourth-order valence-corrected chi connectivity index (χ4v) is 3.98. The van der Waals surface area contributed by atoms with Crippen LogP contribution in [0.4, 0.5) is 8.78 Å². The second-order valence-electron chi connectivity index (χ2n) is 7.22. The van der Waals surface area contributed by atoms with Crippen molar-refractivity contribution < 1.29 is 8.78 Å². The van der Waals surface area contributed by atoms with Crippen LogP contribution in [0, 0.1) is 29.4 Å². The summed E-state index contributed by atoms with van der Waals surface area (Å²) in [7, 11) is 0. The predicted octanol–water partition coefficient (Wildman–Crippen LogP) is 6.88. The first-order valence-electron chi connectivity index (χ1n) is 9.63. The van der Waals surface area contributed by atoms with E-state index >= 15 is 0 Å². The van der Waals surface area contributed by atoms with Gasteiger partial charge in [-0.15, -0.1) is 11.8 Å². The first kappa shape index (κ1) is 18.6. The summed E-state index contributed by atoms with van der Waals surface area (Å²) < 4.78 is 28.7. The van der Waals surface area contributed by atoms with Gasteiger partial charge < -0.3 is 0 Å². The molecule has 0 amide bonds. The number of hydrogen-bond acceptors (Lipinski definition) is 0. The van der Waals surface area contributed by atoms with Crippen LogP contribution in [0.25, 0.3) is 11.1 Å². The molecular formula is C24H26F2. The molecule has 1 aliphatic rings. The zero-order valence-electron chi connectivity index (χ0n) is 15.6. The van der Waals surface area contributed by atoms with Gasteiger partial charge in [0.05, 0.1) is 0 Å². The van der Waals surface area contributed by atoms with Gasteiger partial charge in [0.25, 0.3) is 0 Å². The Morgan fingerprint density at radius 2 is 1.62 bits per heavy atom. The van der Waals surface area contributed by atoms with E-state index in [1.165, 1.54) is 5.56 Å². The molecule has 0 N–H and O–H groups in total. The molecule has 1 fully saturated rings. The van der Waals surface area contributed by atoms with Crippen molar-refractivity contribution in [3.8, 4) is 23.0 Å². The smallest absolute Gasteiger partial charge is 0.166 e. The minimum absolute atomic E-state index is 0.343. The Bertz CT molecular complexity index is 801. The highest BCUT2D eigenvalue weighted by molar-refractivity contribution is 5.65. The van der Waals surface area contributed by atoms with Crippen LogP contribution >= 0.6 is 0 Å². The molecule has 1 saturated carbocycles. The van der Waals surface area contributed by atoms with Crippen molar-refractivity contribution in [3.05, 3.63) is 59.2 Å². The fraction of sp³-hybridized carbons (Fsp3) is 0.417. The molecule has 0 nitrogen and oxygen atoms in total. The molecule has 26 heavy (non-hydrogen) atoms. The number of halogens is 2. The van der Waals surface area contributed by atoms with E-state index in [0.29, 0.717) is 29.4 Å². The molecule has 136 valence electrons. The molecular weight excluding hydrogens is 326 g/mol. The maximum atomic E-state index is 14.5. The summed E-state index contributed by atoms with van der Waals surface area (Å²) in [5, 5.41) is 0. The molecule has 0 aromatic heterocycles. The third-order valence-corrected chi connectivity index (χ3v) is 5.45. The molecule has 0 saturated heterocycles. The molecule has 1 aliphatic carbocycles. The number of aryl methyl sites for hydroxylation is 1. The van der Waals surface area contributed by atoms with E-state index in [2.05, 4.69) is 24.0 Å². The van der Waals surface area contributed by atoms with Crippen molar-refractivity contribution in [1.29, 1.82) is 0 Å². The second-order valence-corrected chi connectivity index (χ2v) is 7.22. The van der Waals surface area contributed by atoms with Gasteiger partial charge in [-0.05, 0) is 61.6 Å². The summed E-state index contributed by atoms with van der Waals surface area (Å²) in [4.78, 5) is 0. The van der Waals surface area contributed by atoms with Gasteiger partial charge in [-0.1, -0.05) is 49.7 Å². The summed E-state index contributed by atoms with van der Waals surface area (Å²) in [5.41, 5.74) is 2.83. The van der Waals surface area contributed by atoms with Crippen LogP contribution in [0.5, 0.6) is 0 Å². The van der Waals surface area contributed by atoms with Gasteiger partial charge in [-0.3, -0.25) is 0 Å². The Kier molecular flexibility index (Phi) is 6.09. The molecule has 0 heterocycles. The summed E-state index contributed by atoms with van der Waals surface area (Å²) >= 11 is 0. The monoisotopic (exact) mass is 352 g/mol. The van der Waals surface area contributed by atoms with Crippen LogP contribution in [0.1, 0.15) is 63.0 Å². The van der Waals surface area contributed by atoms with Gasteiger partial charge in [0, 0.05) is 11.5 Å². The third kappa shape index (κ3) is 3.98. The lowest BCUT2D eigenvalue weighted by Gasteiger charge is -2.26. The van der Waals surface area contributed by atoms with E-state index in [0.717, 1.165) is 37.7 Å². The predicted molar refractivity (Wildman–Crippen MR) is 104 cm³/mol. The maximum absolute atomic E-state index is 14.5. The lowest BCUT2D eigenvalue weighted by atomic mass is 9.79. The zero-order valence-corrected chi connectivity index (χ0v) is 15.6. The highest BCUT2D eigenvalue weighted by atomic mass is 19.2. The molecule has 2 aromatic rings. The number of rotatable bonds is 4. The Hall–Kier alpha value is -2.14. The minimum Gasteiger partial charge on any atom is -0.203 e. The lowest BCUT2D eigenvalue weighted by molar-refractivity contribution is 0.384.